The number of benzene rings is 2. The topological polar surface area (TPSA) is 35.2 Å². The first-order chi connectivity index (χ1) is 9.56. The average molecular weight is 298 g/mol. The van der Waals surface area contributed by atoms with E-state index in [2.05, 4.69) is 0 Å². The Morgan fingerprint density at radius 2 is 1.65 bits per heavy atom. The van der Waals surface area contributed by atoms with E-state index in [0.29, 0.717) is 10.8 Å². The minimum Gasteiger partial charge on any atom is -0.492 e. The quantitative estimate of drug-likeness (QED) is 0.916. The Morgan fingerprint density at radius 3 is 2.25 bits per heavy atom. The largest absolute Gasteiger partial charge is 0.492 e. The van der Waals surface area contributed by atoms with Gasteiger partial charge in [0, 0.05) is 16.6 Å². The van der Waals surface area contributed by atoms with E-state index in [9.17, 15) is 8.78 Å². The fraction of sp³-hybridized carbons (Fsp3) is 0.200. The maximum absolute atomic E-state index is 13.5. The summed E-state index contributed by atoms with van der Waals surface area (Å²) in [6.45, 7) is 0.162. The summed E-state index contributed by atoms with van der Waals surface area (Å²) >= 11 is 5.75. The Labute approximate surface area is 121 Å². The Morgan fingerprint density at radius 1 is 1.05 bits per heavy atom. The average Bonchev–Trinajstić information content (AvgIpc) is 2.42. The van der Waals surface area contributed by atoms with E-state index in [4.69, 9.17) is 22.1 Å². The van der Waals surface area contributed by atoms with Crippen LogP contribution in [-0.4, -0.2) is 12.6 Å². The molecule has 0 saturated carbocycles. The van der Waals surface area contributed by atoms with Gasteiger partial charge in [-0.2, -0.15) is 0 Å². The summed E-state index contributed by atoms with van der Waals surface area (Å²) in [4.78, 5) is 0. The fourth-order valence-electron chi connectivity index (χ4n) is 1.78. The van der Waals surface area contributed by atoms with Gasteiger partial charge in [-0.1, -0.05) is 17.7 Å². The smallest absolute Gasteiger partial charge is 0.129 e. The van der Waals surface area contributed by atoms with E-state index in [0.717, 1.165) is 0 Å². The zero-order valence-electron chi connectivity index (χ0n) is 10.7. The lowest BCUT2D eigenvalue weighted by Gasteiger charge is -2.14. The monoisotopic (exact) mass is 297 g/mol. The highest BCUT2D eigenvalue weighted by molar-refractivity contribution is 6.30. The third-order valence-electron chi connectivity index (χ3n) is 2.81. The number of ether oxygens (including phenoxy) is 1. The van der Waals surface area contributed by atoms with E-state index in [-0.39, 0.29) is 18.6 Å². The van der Waals surface area contributed by atoms with Crippen molar-refractivity contribution in [3.8, 4) is 5.75 Å². The first-order valence-electron chi connectivity index (χ1n) is 6.13. The molecule has 0 saturated heterocycles. The van der Waals surface area contributed by atoms with Crippen LogP contribution < -0.4 is 10.5 Å². The van der Waals surface area contributed by atoms with Crippen LogP contribution in [0, 0.1) is 11.6 Å². The van der Waals surface area contributed by atoms with Gasteiger partial charge >= 0.3 is 0 Å². The molecule has 2 nitrogen and oxygen atoms in total. The molecule has 0 aromatic heterocycles. The predicted molar refractivity (Wildman–Crippen MR) is 75.0 cm³/mol. The lowest BCUT2D eigenvalue weighted by molar-refractivity contribution is 0.285. The molecule has 0 radical (unpaired) electrons. The molecule has 2 aromatic carbocycles. The van der Waals surface area contributed by atoms with Crippen LogP contribution in [0.3, 0.4) is 0 Å². The minimum absolute atomic E-state index is 0.0142. The van der Waals surface area contributed by atoms with Crippen LogP contribution in [0.25, 0.3) is 0 Å². The summed E-state index contributed by atoms with van der Waals surface area (Å²) in [6, 6.07) is 10.0. The number of nitrogens with two attached hydrogens (primary N) is 1. The van der Waals surface area contributed by atoms with Crippen molar-refractivity contribution in [2.75, 3.05) is 6.61 Å². The zero-order valence-corrected chi connectivity index (χ0v) is 11.4. The van der Waals surface area contributed by atoms with Crippen molar-refractivity contribution < 1.29 is 13.5 Å². The van der Waals surface area contributed by atoms with Crippen molar-refractivity contribution in [1.29, 1.82) is 0 Å². The molecule has 0 aliphatic heterocycles. The molecular weight excluding hydrogens is 284 g/mol. The molecule has 2 aromatic rings. The second-order valence-electron chi connectivity index (χ2n) is 4.43. The van der Waals surface area contributed by atoms with Crippen LogP contribution in [0.15, 0.2) is 42.5 Å². The Hall–Kier alpha value is -1.65. The molecule has 0 fully saturated rings. The van der Waals surface area contributed by atoms with Crippen LogP contribution >= 0.6 is 11.6 Å². The third-order valence-corrected chi connectivity index (χ3v) is 3.06. The minimum atomic E-state index is -0.591. The number of halogens is 3. The van der Waals surface area contributed by atoms with Crippen molar-refractivity contribution >= 4 is 11.6 Å². The lowest BCUT2D eigenvalue weighted by Crippen LogP contribution is -2.31. The summed E-state index contributed by atoms with van der Waals surface area (Å²) in [5, 5.41) is 0.607. The van der Waals surface area contributed by atoms with Crippen LogP contribution in [0.4, 0.5) is 8.78 Å². The van der Waals surface area contributed by atoms with Crippen LogP contribution in [0.1, 0.15) is 5.56 Å². The summed E-state index contributed by atoms with van der Waals surface area (Å²) in [5.41, 5.74) is 5.82. The highest BCUT2D eigenvalue weighted by Crippen LogP contribution is 2.17. The Kier molecular flexibility index (Phi) is 4.93. The highest BCUT2D eigenvalue weighted by Gasteiger charge is 2.13. The summed E-state index contributed by atoms with van der Waals surface area (Å²) in [7, 11) is 0. The molecule has 20 heavy (non-hydrogen) atoms. The van der Waals surface area contributed by atoms with Gasteiger partial charge in [-0.25, -0.2) is 8.78 Å². The standard InChI is InChI=1S/C15H14ClF2NO/c16-10-4-6-12(7-5-10)20-9-11(19)8-13-14(17)2-1-3-15(13)18/h1-7,11H,8-9,19H2. The molecule has 0 spiro atoms. The zero-order chi connectivity index (χ0) is 14.5. The Balaban J connectivity index is 1.92. The predicted octanol–water partition coefficient (Wildman–Crippen LogP) is 3.57. The van der Waals surface area contributed by atoms with E-state index in [1.54, 1.807) is 24.3 Å². The van der Waals surface area contributed by atoms with Crippen molar-refractivity contribution in [1.82, 2.24) is 0 Å². The molecule has 106 valence electrons. The summed E-state index contributed by atoms with van der Waals surface area (Å²) < 4.78 is 32.4. The van der Waals surface area contributed by atoms with Crippen LogP contribution in [-0.2, 0) is 6.42 Å². The molecule has 0 aliphatic carbocycles. The van der Waals surface area contributed by atoms with Gasteiger partial charge in [0.05, 0.1) is 0 Å². The van der Waals surface area contributed by atoms with Crippen LogP contribution in [0.5, 0.6) is 5.75 Å². The van der Waals surface area contributed by atoms with Crippen LogP contribution in [0.2, 0.25) is 5.02 Å². The van der Waals surface area contributed by atoms with Gasteiger partial charge in [0.25, 0.3) is 0 Å². The van der Waals surface area contributed by atoms with Crippen molar-refractivity contribution in [2.24, 2.45) is 5.73 Å². The normalized spacial score (nSPS) is 12.2. The Bertz CT molecular complexity index is 554. The molecule has 5 heteroatoms. The summed E-state index contributed by atoms with van der Waals surface area (Å²) in [5.74, 6) is -0.572. The van der Waals surface area contributed by atoms with E-state index < -0.39 is 17.7 Å². The van der Waals surface area contributed by atoms with Crippen molar-refractivity contribution in [3.05, 3.63) is 64.7 Å². The molecule has 2 rings (SSSR count). The number of rotatable bonds is 5. The molecular formula is C15H14ClF2NO. The lowest BCUT2D eigenvalue weighted by atomic mass is 10.1. The first kappa shape index (κ1) is 14.8. The van der Waals surface area contributed by atoms with E-state index in [1.807, 2.05) is 0 Å². The van der Waals surface area contributed by atoms with Gasteiger partial charge in [-0.15, -0.1) is 0 Å². The molecule has 0 amide bonds. The van der Waals surface area contributed by atoms with Gasteiger partial charge in [-0.3, -0.25) is 0 Å². The molecule has 0 heterocycles. The second-order valence-corrected chi connectivity index (χ2v) is 4.87. The van der Waals surface area contributed by atoms with Gasteiger partial charge in [-0.05, 0) is 42.8 Å². The second kappa shape index (κ2) is 6.68. The summed E-state index contributed by atoms with van der Waals surface area (Å²) in [6.07, 6.45) is 0.0755. The van der Waals surface area contributed by atoms with Gasteiger partial charge in [0.1, 0.15) is 24.0 Å². The van der Waals surface area contributed by atoms with E-state index >= 15 is 0 Å². The molecule has 1 unspecified atom stereocenters. The molecule has 1 atom stereocenters. The first-order valence-corrected chi connectivity index (χ1v) is 6.51. The maximum atomic E-state index is 13.5. The van der Waals surface area contributed by atoms with Crippen molar-refractivity contribution in [3.63, 3.8) is 0 Å². The highest BCUT2D eigenvalue weighted by atomic mass is 35.5. The SMILES string of the molecule is NC(COc1ccc(Cl)cc1)Cc1c(F)cccc1F. The molecule has 0 bridgehead atoms. The number of hydrogen-bond donors (Lipinski definition) is 1. The van der Waals surface area contributed by atoms with Crippen molar-refractivity contribution in [2.45, 2.75) is 12.5 Å². The fourth-order valence-corrected chi connectivity index (χ4v) is 1.91. The maximum Gasteiger partial charge on any atom is 0.129 e. The molecule has 0 aliphatic rings. The van der Waals surface area contributed by atoms with E-state index in [1.165, 1.54) is 18.2 Å². The van der Waals surface area contributed by atoms with Gasteiger partial charge in [0.15, 0.2) is 0 Å². The number of hydrogen-bond acceptors (Lipinski definition) is 2. The van der Waals surface area contributed by atoms with Gasteiger partial charge in [0.2, 0.25) is 0 Å². The van der Waals surface area contributed by atoms with Gasteiger partial charge < -0.3 is 10.5 Å². The third kappa shape index (κ3) is 3.92. The molecule has 2 N–H and O–H groups in total.